The van der Waals surface area contributed by atoms with Crippen LogP contribution in [0.3, 0.4) is 0 Å². The van der Waals surface area contributed by atoms with Crippen LogP contribution < -0.4 is 0 Å². The van der Waals surface area contributed by atoms with Crippen LogP contribution in [-0.2, 0) is 25.8 Å². The van der Waals surface area contributed by atoms with Crippen molar-refractivity contribution in [3.8, 4) is 0 Å². The summed E-state index contributed by atoms with van der Waals surface area (Å²) < 4.78 is 8.59. The molecule has 4 aliphatic rings. The second kappa shape index (κ2) is 10.7. The second-order valence-electron chi connectivity index (χ2n) is 12.2. The Kier molecular flexibility index (Phi) is 6.89. The Morgan fingerprint density at radius 3 is 2.43 bits per heavy atom. The topological polar surface area (TPSA) is 121 Å². The van der Waals surface area contributed by atoms with E-state index in [2.05, 4.69) is 10.3 Å². The Morgan fingerprint density at radius 2 is 1.66 bits per heavy atom. The summed E-state index contributed by atoms with van der Waals surface area (Å²) in [6.07, 6.45) is 8.25. The number of likely N-dealkylation sites (tertiary alicyclic amines) is 1. The lowest BCUT2D eigenvalue weighted by Crippen LogP contribution is -2.57. The lowest BCUT2D eigenvalue weighted by molar-refractivity contribution is -0.156. The highest BCUT2D eigenvalue weighted by Crippen LogP contribution is 2.58. The minimum absolute atomic E-state index is 0.0991. The van der Waals surface area contributed by atoms with Crippen LogP contribution in [0.4, 0.5) is 0 Å². The maximum Gasteiger partial charge on any atom is 0.250 e. The molecule has 2 saturated heterocycles. The first kappa shape index (κ1) is 28.4. The number of nitrogens with zero attached hydrogens (tertiary/aromatic N) is 6. The molecule has 228 valence electrons. The van der Waals surface area contributed by atoms with Crippen molar-refractivity contribution in [2.45, 2.75) is 50.2 Å². The highest BCUT2D eigenvalue weighted by Gasteiger charge is 2.75. The number of benzene rings is 2. The predicted molar refractivity (Wildman–Crippen MR) is 160 cm³/mol. The van der Waals surface area contributed by atoms with Gasteiger partial charge in [-0.1, -0.05) is 78.9 Å². The summed E-state index contributed by atoms with van der Waals surface area (Å²) in [4.78, 5) is 48.7. The zero-order valence-electron chi connectivity index (χ0n) is 24.8. The first-order chi connectivity index (χ1) is 21.3. The minimum Gasteiger partial charge on any atom is -0.394 e. The number of carbonyl (C=O) groups is 3. The smallest absolute Gasteiger partial charge is 0.250 e. The summed E-state index contributed by atoms with van der Waals surface area (Å²) in [7, 11) is 0. The Balaban J connectivity index is 1.36. The Labute approximate surface area is 255 Å². The molecule has 0 saturated carbocycles. The van der Waals surface area contributed by atoms with E-state index in [9.17, 15) is 19.5 Å². The molecule has 0 aliphatic carbocycles. The molecular formula is C33H36N6O5. The van der Waals surface area contributed by atoms with Crippen LogP contribution in [0, 0.1) is 11.8 Å². The number of ether oxygens (including phenoxy) is 1. The molecule has 0 radical (unpaired) electrons. The predicted octanol–water partition coefficient (Wildman–Crippen LogP) is 2.30. The lowest BCUT2D eigenvalue weighted by Gasteiger charge is -2.40. The lowest BCUT2D eigenvalue weighted by atomic mass is 9.74. The van der Waals surface area contributed by atoms with E-state index in [-0.39, 0.29) is 30.9 Å². The average Bonchev–Trinajstić information content (AvgIpc) is 3.56. The molecule has 3 amide bonds. The van der Waals surface area contributed by atoms with Crippen LogP contribution in [0.1, 0.15) is 31.9 Å². The van der Waals surface area contributed by atoms with Crippen molar-refractivity contribution in [1.29, 1.82) is 0 Å². The molecule has 2 fully saturated rings. The fourth-order valence-electron chi connectivity index (χ4n) is 7.70. The molecule has 44 heavy (non-hydrogen) atoms. The molecule has 6 atom stereocenters. The third kappa shape index (κ3) is 4.13. The molecule has 1 spiro atoms. The van der Waals surface area contributed by atoms with E-state index in [1.807, 2.05) is 92.7 Å². The highest BCUT2D eigenvalue weighted by molar-refractivity contribution is 6.00. The summed E-state index contributed by atoms with van der Waals surface area (Å²) in [6, 6.07) is 14.8. The number of hydrogen-bond acceptors (Lipinski definition) is 7. The van der Waals surface area contributed by atoms with Crippen molar-refractivity contribution in [1.82, 2.24) is 29.7 Å². The largest absolute Gasteiger partial charge is 0.394 e. The van der Waals surface area contributed by atoms with E-state index in [0.29, 0.717) is 24.2 Å². The van der Waals surface area contributed by atoms with Crippen molar-refractivity contribution in [2.75, 3.05) is 26.2 Å². The summed E-state index contributed by atoms with van der Waals surface area (Å²) in [5.41, 5.74) is -0.358. The number of para-hydroxylation sites is 1. The number of aliphatic hydroxyl groups excluding tert-OH is 1. The summed E-state index contributed by atoms with van der Waals surface area (Å²) in [5, 5.41) is 19.3. The highest BCUT2D eigenvalue weighted by atomic mass is 16.5. The second-order valence-corrected chi connectivity index (χ2v) is 12.2. The zero-order valence-corrected chi connectivity index (χ0v) is 24.8. The van der Waals surface area contributed by atoms with Gasteiger partial charge in [0.2, 0.25) is 11.8 Å². The standard InChI is InChI=1S/C33H36N6O5/c1-3-17-36-18-9-15-32(2)26(29(36)41)27-30(42)39(25(20-40)22-11-5-4-6-12-22)28-31(43)37(19-10-16-33(27,28)44-32)21-38-24-14-8-7-13-23(24)34-35-38/h4-16,25-28,40H,3,17-21H2,1-2H3/t25-,26-,27+,28?,32+,33+/m1/s1. The molecule has 4 aliphatic heterocycles. The van der Waals surface area contributed by atoms with Gasteiger partial charge in [0.1, 0.15) is 23.8 Å². The number of carbonyl (C=O) groups excluding carboxylic acids is 3. The molecule has 1 N–H and O–H groups in total. The average molecular weight is 597 g/mol. The van der Waals surface area contributed by atoms with Crippen LogP contribution in [-0.4, -0.2) is 96.0 Å². The van der Waals surface area contributed by atoms with E-state index in [4.69, 9.17) is 4.74 Å². The van der Waals surface area contributed by atoms with E-state index < -0.39 is 41.7 Å². The maximum absolute atomic E-state index is 14.8. The van der Waals surface area contributed by atoms with Gasteiger partial charge < -0.3 is 24.5 Å². The molecule has 1 aromatic heterocycles. The third-order valence-corrected chi connectivity index (χ3v) is 9.57. The van der Waals surface area contributed by atoms with Gasteiger partial charge in [-0.25, -0.2) is 4.68 Å². The zero-order chi connectivity index (χ0) is 30.6. The molecule has 3 aromatic rings. The van der Waals surface area contributed by atoms with Gasteiger partial charge in [0.05, 0.1) is 35.6 Å². The molecule has 0 bridgehead atoms. The molecular weight excluding hydrogens is 560 g/mol. The van der Waals surface area contributed by atoms with Crippen molar-refractivity contribution < 1.29 is 24.2 Å². The van der Waals surface area contributed by atoms with Crippen LogP contribution in [0.25, 0.3) is 11.0 Å². The van der Waals surface area contributed by atoms with Gasteiger partial charge >= 0.3 is 0 Å². The Hall–Kier alpha value is -4.35. The molecule has 1 unspecified atom stereocenters. The Morgan fingerprint density at radius 1 is 0.932 bits per heavy atom. The minimum atomic E-state index is -1.43. The van der Waals surface area contributed by atoms with Gasteiger partial charge in [0.15, 0.2) is 0 Å². The van der Waals surface area contributed by atoms with E-state index >= 15 is 0 Å². The van der Waals surface area contributed by atoms with E-state index in [1.165, 1.54) is 4.90 Å². The van der Waals surface area contributed by atoms with Gasteiger partial charge in [0.25, 0.3) is 5.91 Å². The van der Waals surface area contributed by atoms with Gasteiger partial charge in [-0.15, -0.1) is 5.10 Å². The van der Waals surface area contributed by atoms with Crippen molar-refractivity contribution in [3.05, 3.63) is 84.5 Å². The number of aromatic nitrogens is 3. The fourth-order valence-corrected chi connectivity index (χ4v) is 7.70. The first-order valence-electron chi connectivity index (χ1n) is 15.2. The van der Waals surface area contributed by atoms with Gasteiger partial charge in [-0.05, 0) is 31.0 Å². The van der Waals surface area contributed by atoms with Crippen LogP contribution in [0.15, 0.2) is 78.9 Å². The first-order valence-corrected chi connectivity index (χ1v) is 15.2. The van der Waals surface area contributed by atoms with Crippen molar-refractivity contribution in [2.24, 2.45) is 11.8 Å². The number of aliphatic hydroxyl groups is 1. The quantitative estimate of drug-likeness (QED) is 0.416. The molecule has 2 aromatic carbocycles. The van der Waals surface area contributed by atoms with Crippen LogP contribution in [0.5, 0.6) is 0 Å². The van der Waals surface area contributed by atoms with Crippen molar-refractivity contribution in [3.63, 3.8) is 0 Å². The maximum atomic E-state index is 14.8. The number of hydrogen-bond donors (Lipinski definition) is 1. The van der Waals surface area contributed by atoms with Gasteiger partial charge in [0, 0.05) is 19.6 Å². The summed E-state index contributed by atoms with van der Waals surface area (Å²) in [6.45, 7) is 4.77. The summed E-state index contributed by atoms with van der Waals surface area (Å²) >= 11 is 0. The van der Waals surface area contributed by atoms with E-state index in [0.717, 1.165) is 11.9 Å². The summed E-state index contributed by atoms with van der Waals surface area (Å²) in [5.74, 6) is -2.69. The fraction of sp³-hybridized carbons (Fsp3) is 0.424. The molecule has 5 heterocycles. The number of rotatable bonds is 7. The molecule has 11 heteroatoms. The third-order valence-electron chi connectivity index (χ3n) is 9.57. The monoisotopic (exact) mass is 596 g/mol. The molecule has 11 nitrogen and oxygen atoms in total. The van der Waals surface area contributed by atoms with Gasteiger partial charge in [-0.2, -0.15) is 0 Å². The molecule has 7 rings (SSSR count). The Bertz CT molecular complexity index is 1670. The number of amides is 3. The number of fused-ring (bicyclic) bond motifs is 3. The van der Waals surface area contributed by atoms with Crippen LogP contribution in [0.2, 0.25) is 0 Å². The van der Waals surface area contributed by atoms with Crippen LogP contribution >= 0.6 is 0 Å². The van der Waals surface area contributed by atoms with Gasteiger partial charge in [-0.3, -0.25) is 14.4 Å². The van der Waals surface area contributed by atoms with E-state index in [1.54, 1.807) is 14.5 Å². The normalized spacial score (nSPS) is 30.4. The SMILES string of the molecule is CCCN1CC=C[C@]2(C)O[C@]34C=CCN(Cn5nnc6ccccc65)C(=O)C3N([C@H](CO)c3ccccc3)C(=O)[C@@H]4[C@@H]2C1=O. The van der Waals surface area contributed by atoms with Crippen molar-refractivity contribution >= 4 is 28.8 Å².